The summed E-state index contributed by atoms with van der Waals surface area (Å²) in [6.45, 7) is 6.81. The van der Waals surface area contributed by atoms with Crippen molar-refractivity contribution in [1.82, 2.24) is 15.0 Å². The third-order valence-electron chi connectivity index (χ3n) is 5.16. The van der Waals surface area contributed by atoms with Crippen LogP contribution in [-0.2, 0) is 0 Å². The lowest BCUT2D eigenvalue weighted by molar-refractivity contribution is 0.641. The van der Waals surface area contributed by atoms with E-state index < -0.39 is 0 Å². The fourth-order valence-corrected chi connectivity index (χ4v) is 3.50. The summed E-state index contributed by atoms with van der Waals surface area (Å²) < 4.78 is 0. The maximum Gasteiger partial charge on any atom is 0.163 e. The topological polar surface area (TPSA) is 57.2 Å². The number of pyridine rings is 1. The minimum Gasteiger partial charge on any atom is -0.370 e. The van der Waals surface area contributed by atoms with Gasteiger partial charge in [-0.15, -0.1) is 0 Å². The second-order valence-corrected chi connectivity index (χ2v) is 7.24. The number of rotatable bonds is 7. The molecule has 0 bridgehead atoms. The van der Waals surface area contributed by atoms with Crippen LogP contribution in [0.1, 0.15) is 19.8 Å². The van der Waals surface area contributed by atoms with Crippen LogP contribution in [0.25, 0.3) is 11.4 Å². The highest BCUT2D eigenvalue weighted by atomic mass is 15.3. The van der Waals surface area contributed by atoms with Gasteiger partial charge in [0.1, 0.15) is 17.5 Å². The lowest BCUT2D eigenvalue weighted by Gasteiger charge is -2.36. The van der Waals surface area contributed by atoms with Gasteiger partial charge in [0.05, 0.1) is 0 Å². The molecule has 4 rings (SSSR count). The summed E-state index contributed by atoms with van der Waals surface area (Å²) in [5.74, 6) is 3.70. The van der Waals surface area contributed by atoms with Crippen molar-refractivity contribution in [1.29, 1.82) is 0 Å². The van der Waals surface area contributed by atoms with Gasteiger partial charge in [-0.2, -0.15) is 0 Å². The Morgan fingerprint density at radius 1 is 0.862 bits per heavy atom. The zero-order chi connectivity index (χ0) is 19.9. The molecule has 3 heterocycles. The minimum absolute atomic E-state index is 0.772. The molecule has 1 aliphatic rings. The van der Waals surface area contributed by atoms with Crippen molar-refractivity contribution < 1.29 is 0 Å². The molecule has 0 saturated carbocycles. The lowest BCUT2D eigenvalue weighted by atomic mass is 10.2. The smallest absolute Gasteiger partial charge is 0.163 e. The van der Waals surface area contributed by atoms with Crippen molar-refractivity contribution >= 4 is 17.5 Å². The monoisotopic (exact) mass is 388 g/mol. The van der Waals surface area contributed by atoms with Crippen molar-refractivity contribution in [3.05, 3.63) is 60.8 Å². The van der Waals surface area contributed by atoms with Crippen LogP contribution >= 0.6 is 0 Å². The molecule has 0 spiro atoms. The molecule has 0 aliphatic carbocycles. The molecular formula is C23H28N6. The molecule has 2 aromatic heterocycles. The first-order valence-electron chi connectivity index (χ1n) is 10.4. The summed E-state index contributed by atoms with van der Waals surface area (Å²) >= 11 is 0. The summed E-state index contributed by atoms with van der Waals surface area (Å²) in [7, 11) is 0. The number of piperazine rings is 1. The highest BCUT2D eigenvalue weighted by molar-refractivity contribution is 5.62. The summed E-state index contributed by atoms with van der Waals surface area (Å²) in [5.41, 5.74) is 1.04. The molecule has 0 radical (unpaired) electrons. The van der Waals surface area contributed by atoms with Gasteiger partial charge >= 0.3 is 0 Å². The number of hydrogen-bond donors (Lipinski definition) is 1. The molecule has 1 saturated heterocycles. The summed E-state index contributed by atoms with van der Waals surface area (Å²) in [6.07, 6.45) is 4.14. The van der Waals surface area contributed by atoms with E-state index in [1.54, 1.807) is 0 Å². The van der Waals surface area contributed by atoms with Gasteiger partial charge in [-0.05, 0) is 18.6 Å². The number of hydrogen-bond acceptors (Lipinski definition) is 6. The zero-order valence-electron chi connectivity index (χ0n) is 17.0. The molecule has 1 aromatic carbocycles. The highest BCUT2D eigenvalue weighted by Gasteiger charge is 2.20. The first-order chi connectivity index (χ1) is 14.3. The van der Waals surface area contributed by atoms with Crippen molar-refractivity contribution in [2.24, 2.45) is 0 Å². The van der Waals surface area contributed by atoms with E-state index in [1.807, 2.05) is 36.5 Å². The van der Waals surface area contributed by atoms with Crippen LogP contribution in [0.15, 0.2) is 60.8 Å². The first-order valence-corrected chi connectivity index (χ1v) is 10.4. The lowest BCUT2D eigenvalue weighted by Crippen LogP contribution is -2.47. The van der Waals surface area contributed by atoms with Gasteiger partial charge in [-0.3, -0.25) is 0 Å². The van der Waals surface area contributed by atoms with Gasteiger partial charge in [0.2, 0.25) is 0 Å². The third kappa shape index (κ3) is 4.83. The van der Waals surface area contributed by atoms with Crippen molar-refractivity contribution in [2.75, 3.05) is 47.8 Å². The Hall–Kier alpha value is -3.15. The maximum absolute atomic E-state index is 4.89. The molecule has 0 unspecified atom stereocenters. The van der Waals surface area contributed by atoms with Crippen molar-refractivity contribution in [3.63, 3.8) is 0 Å². The summed E-state index contributed by atoms with van der Waals surface area (Å²) in [6, 6.07) is 18.4. The SMILES string of the molecule is CCCCNc1cc(N2CCN(c3ccccn3)CC2)nc(-c2ccccc2)n1. The maximum atomic E-state index is 4.89. The predicted octanol–water partition coefficient (Wildman–Crippen LogP) is 4.08. The second kappa shape index (κ2) is 9.37. The molecule has 150 valence electrons. The van der Waals surface area contributed by atoms with Gasteiger partial charge in [0.15, 0.2) is 5.82 Å². The van der Waals surface area contributed by atoms with Crippen LogP contribution < -0.4 is 15.1 Å². The Morgan fingerprint density at radius 3 is 2.28 bits per heavy atom. The van der Waals surface area contributed by atoms with Crippen LogP contribution in [0.4, 0.5) is 17.5 Å². The Morgan fingerprint density at radius 2 is 1.59 bits per heavy atom. The number of unbranched alkanes of at least 4 members (excludes halogenated alkanes) is 1. The first kappa shape index (κ1) is 19.2. The normalized spacial score (nSPS) is 14.1. The van der Waals surface area contributed by atoms with E-state index >= 15 is 0 Å². The fourth-order valence-electron chi connectivity index (χ4n) is 3.50. The Balaban J connectivity index is 1.53. The van der Waals surface area contributed by atoms with Crippen molar-refractivity contribution in [2.45, 2.75) is 19.8 Å². The van der Waals surface area contributed by atoms with E-state index in [4.69, 9.17) is 9.97 Å². The van der Waals surface area contributed by atoms with Gasteiger partial charge in [-0.25, -0.2) is 15.0 Å². The number of aromatic nitrogens is 3. The molecule has 1 aliphatic heterocycles. The number of benzene rings is 1. The average molecular weight is 389 g/mol. The number of nitrogens with one attached hydrogen (secondary N) is 1. The average Bonchev–Trinajstić information content (AvgIpc) is 2.80. The van der Waals surface area contributed by atoms with Crippen LogP contribution in [0.3, 0.4) is 0 Å². The van der Waals surface area contributed by atoms with Gasteiger partial charge < -0.3 is 15.1 Å². The van der Waals surface area contributed by atoms with E-state index in [0.29, 0.717) is 0 Å². The van der Waals surface area contributed by atoms with Gasteiger partial charge in [0, 0.05) is 50.6 Å². The van der Waals surface area contributed by atoms with Crippen LogP contribution in [0.5, 0.6) is 0 Å². The van der Waals surface area contributed by atoms with Crippen molar-refractivity contribution in [3.8, 4) is 11.4 Å². The molecule has 1 N–H and O–H groups in total. The van der Waals surface area contributed by atoms with Gasteiger partial charge in [-0.1, -0.05) is 49.7 Å². The summed E-state index contributed by atoms with van der Waals surface area (Å²) in [4.78, 5) is 18.8. The minimum atomic E-state index is 0.772. The Kier molecular flexibility index (Phi) is 6.19. The molecule has 0 atom stereocenters. The predicted molar refractivity (Wildman–Crippen MR) is 120 cm³/mol. The van der Waals surface area contributed by atoms with Gasteiger partial charge in [0.25, 0.3) is 0 Å². The fraction of sp³-hybridized carbons (Fsp3) is 0.348. The van der Waals surface area contributed by atoms with E-state index in [-0.39, 0.29) is 0 Å². The van der Waals surface area contributed by atoms with E-state index in [0.717, 1.165) is 74.4 Å². The summed E-state index contributed by atoms with van der Waals surface area (Å²) in [5, 5.41) is 3.47. The molecule has 6 heteroatoms. The Bertz CT molecular complexity index is 892. The van der Waals surface area contributed by atoms with Crippen LogP contribution in [0, 0.1) is 0 Å². The molecule has 3 aromatic rings. The Labute approximate surface area is 172 Å². The zero-order valence-corrected chi connectivity index (χ0v) is 17.0. The standard InChI is InChI=1S/C23H28N6/c1-2-3-12-24-20-18-22(27-23(26-20)19-9-5-4-6-10-19)29-16-14-28(15-17-29)21-11-7-8-13-25-21/h4-11,13,18H,2-3,12,14-17H2,1H3,(H,24,26,27). The second-order valence-electron chi connectivity index (χ2n) is 7.24. The molecule has 6 nitrogen and oxygen atoms in total. The number of anilines is 3. The molecule has 29 heavy (non-hydrogen) atoms. The van der Waals surface area contributed by atoms with Crippen LogP contribution in [-0.4, -0.2) is 47.7 Å². The molecular weight excluding hydrogens is 360 g/mol. The largest absolute Gasteiger partial charge is 0.370 e. The molecule has 1 fully saturated rings. The third-order valence-corrected chi connectivity index (χ3v) is 5.16. The van der Waals surface area contributed by atoms with E-state index in [1.165, 1.54) is 0 Å². The highest BCUT2D eigenvalue weighted by Crippen LogP contribution is 2.24. The van der Waals surface area contributed by atoms with E-state index in [2.05, 4.69) is 51.3 Å². The number of nitrogens with zero attached hydrogens (tertiary/aromatic N) is 5. The molecule has 0 amide bonds. The van der Waals surface area contributed by atoms with E-state index in [9.17, 15) is 0 Å². The van der Waals surface area contributed by atoms with Crippen LogP contribution in [0.2, 0.25) is 0 Å². The quantitative estimate of drug-likeness (QED) is 0.616.